The Morgan fingerprint density at radius 3 is 1.96 bits per heavy atom. The van der Waals surface area contributed by atoms with Crippen molar-refractivity contribution in [1.29, 1.82) is 0 Å². The van der Waals surface area contributed by atoms with E-state index in [-0.39, 0.29) is 11.2 Å². The minimum Gasteiger partial charge on any atom is -0.465 e. The molecule has 0 saturated heterocycles. The standard InChI is InChI=1S/C20H38O2S/c1-3-5-6-7-8-9-10-11-12-13-14-15-16-17-18-19(23)20(21)22-4-2/h11-12,19,23H,3-10,13-18H2,1-2H3. The summed E-state index contributed by atoms with van der Waals surface area (Å²) in [5.74, 6) is -0.173. The van der Waals surface area contributed by atoms with Crippen LogP contribution in [0.1, 0.15) is 97.3 Å². The summed E-state index contributed by atoms with van der Waals surface area (Å²) in [5.41, 5.74) is 0. The summed E-state index contributed by atoms with van der Waals surface area (Å²) in [4.78, 5) is 11.4. The lowest BCUT2D eigenvalue weighted by molar-refractivity contribution is -0.142. The van der Waals surface area contributed by atoms with Crippen LogP contribution in [0.2, 0.25) is 0 Å². The van der Waals surface area contributed by atoms with Crippen molar-refractivity contribution in [3.8, 4) is 0 Å². The van der Waals surface area contributed by atoms with E-state index in [4.69, 9.17) is 4.74 Å². The van der Waals surface area contributed by atoms with Crippen LogP contribution in [-0.4, -0.2) is 17.8 Å². The number of unbranched alkanes of at least 4 members (excludes halogenated alkanes) is 10. The molecule has 0 fully saturated rings. The highest BCUT2D eigenvalue weighted by Gasteiger charge is 2.13. The topological polar surface area (TPSA) is 26.3 Å². The summed E-state index contributed by atoms with van der Waals surface area (Å²) >= 11 is 4.29. The van der Waals surface area contributed by atoms with Gasteiger partial charge in [0.2, 0.25) is 0 Å². The molecule has 0 aliphatic rings. The lowest BCUT2D eigenvalue weighted by Crippen LogP contribution is -2.17. The summed E-state index contributed by atoms with van der Waals surface area (Å²) in [7, 11) is 0. The van der Waals surface area contributed by atoms with E-state index in [1.165, 1.54) is 70.6 Å². The molecular formula is C20H38O2S. The van der Waals surface area contributed by atoms with E-state index in [9.17, 15) is 4.79 Å². The third-order valence-corrected chi connectivity index (χ3v) is 4.52. The van der Waals surface area contributed by atoms with Crippen molar-refractivity contribution < 1.29 is 9.53 Å². The number of hydrogen-bond donors (Lipinski definition) is 1. The van der Waals surface area contributed by atoms with E-state index in [2.05, 4.69) is 31.7 Å². The minimum atomic E-state index is -0.243. The van der Waals surface area contributed by atoms with Crippen molar-refractivity contribution in [3.05, 3.63) is 12.2 Å². The number of thiol groups is 1. The molecule has 0 radical (unpaired) electrons. The second kappa shape index (κ2) is 17.9. The molecule has 2 nitrogen and oxygen atoms in total. The molecule has 0 saturated carbocycles. The number of carbonyl (C=O) groups is 1. The maximum Gasteiger partial charge on any atom is 0.318 e. The molecule has 0 aromatic rings. The molecule has 0 aromatic heterocycles. The Kier molecular flexibility index (Phi) is 17.6. The van der Waals surface area contributed by atoms with Gasteiger partial charge in [-0.3, -0.25) is 4.79 Å². The molecule has 23 heavy (non-hydrogen) atoms. The SMILES string of the molecule is CCCCCCCCC=CCCCCCCC(S)C(=O)OCC. The smallest absolute Gasteiger partial charge is 0.318 e. The minimum absolute atomic E-state index is 0.173. The number of ether oxygens (including phenoxy) is 1. The van der Waals surface area contributed by atoms with Gasteiger partial charge in [0.1, 0.15) is 0 Å². The van der Waals surface area contributed by atoms with E-state index in [1.54, 1.807) is 0 Å². The Labute approximate surface area is 149 Å². The summed E-state index contributed by atoms with van der Waals surface area (Å²) < 4.78 is 4.95. The van der Waals surface area contributed by atoms with Crippen molar-refractivity contribution in [2.45, 2.75) is 103 Å². The largest absolute Gasteiger partial charge is 0.465 e. The molecule has 0 bridgehead atoms. The average Bonchev–Trinajstić information content (AvgIpc) is 2.55. The molecule has 3 heteroatoms. The maximum atomic E-state index is 11.4. The number of allylic oxidation sites excluding steroid dienone is 2. The van der Waals surface area contributed by atoms with Crippen LogP contribution in [-0.2, 0) is 9.53 Å². The third kappa shape index (κ3) is 16.2. The van der Waals surface area contributed by atoms with Gasteiger partial charge in [-0.2, -0.15) is 12.6 Å². The van der Waals surface area contributed by atoms with E-state index in [0.29, 0.717) is 6.61 Å². The van der Waals surface area contributed by atoms with Gasteiger partial charge < -0.3 is 4.74 Å². The van der Waals surface area contributed by atoms with Crippen molar-refractivity contribution in [2.24, 2.45) is 0 Å². The molecule has 0 aliphatic carbocycles. The molecule has 0 spiro atoms. The second-order valence-corrected chi connectivity index (χ2v) is 6.91. The molecule has 0 rings (SSSR count). The average molecular weight is 343 g/mol. The quantitative estimate of drug-likeness (QED) is 0.150. The first-order chi connectivity index (χ1) is 11.2. The Morgan fingerprint density at radius 2 is 1.39 bits per heavy atom. The fraction of sp³-hybridized carbons (Fsp3) is 0.850. The molecular weight excluding hydrogens is 304 g/mol. The lowest BCUT2D eigenvalue weighted by Gasteiger charge is -2.08. The van der Waals surface area contributed by atoms with Gasteiger partial charge in [0.15, 0.2) is 0 Å². The molecule has 1 unspecified atom stereocenters. The van der Waals surface area contributed by atoms with Crippen LogP contribution in [0.5, 0.6) is 0 Å². The van der Waals surface area contributed by atoms with Gasteiger partial charge in [0, 0.05) is 0 Å². The van der Waals surface area contributed by atoms with Crippen molar-refractivity contribution in [1.82, 2.24) is 0 Å². The van der Waals surface area contributed by atoms with Crippen LogP contribution in [0, 0.1) is 0 Å². The Balaban J connectivity index is 3.26. The van der Waals surface area contributed by atoms with Crippen LogP contribution in [0.15, 0.2) is 12.2 Å². The molecule has 136 valence electrons. The zero-order chi connectivity index (χ0) is 17.2. The van der Waals surface area contributed by atoms with Gasteiger partial charge in [-0.05, 0) is 39.0 Å². The number of carbonyl (C=O) groups excluding carboxylic acids is 1. The fourth-order valence-corrected chi connectivity index (χ4v) is 2.85. The predicted molar refractivity (Wildman–Crippen MR) is 104 cm³/mol. The highest BCUT2D eigenvalue weighted by Crippen LogP contribution is 2.13. The van der Waals surface area contributed by atoms with Gasteiger partial charge in [-0.15, -0.1) is 0 Å². The lowest BCUT2D eigenvalue weighted by atomic mass is 10.1. The van der Waals surface area contributed by atoms with Crippen LogP contribution in [0.4, 0.5) is 0 Å². The summed E-state index contributed by atoms with van der Waals surface area (Å²) in [6.07, 6.45) is 21.0. The van der Waals surface area contributed by atoms with E-state index in [1.807, 2.05) is 6.92 Å². The fourth-order valence-electron chi connectivity index (χ4n) is 2.59. The van der Waals surface area contributed by atoms with E-state index < -0.39 is 0 Å². The van der Waals surface area contributed by atoms with Crippen LogP contribution < -0.4 is 0 Å². The second-order valence-electron chi connectivity index (χ2n) is 6.29. The number of esters is 1. The third-order valence-electron chi connectivity index (χ3n) is 4.05. The molecule has 1 atom stereocenters. The zero-order valence-electron chi connectivity index (χ0n) is 15.4. The van der Waals surface area contributed by atoms with Crippen LogP contribution >= 0.6 is 12.6 Å². The molecule has 0 aromatic carbocycles. The summed E-state index contributed by atoms with van der Waals surface area (Å²) in [5, 5.41) is -0.243. The predicted octanol–water partition coefficient (Wildman–Crippen LogP) is 6.50. The van der Waals surface area contributed by atoms with E-state index in [0.717, 1.165) is 12.8 Å². The van der Waals surface area contributed by atoms with Crippen molar-refractivity contribution >= 4 is 18.6 Å². The van der Waals surface area contributed by atoms with Gasteiger partial charge in [0.25, 0.3) is 0 Å². The van der Waals surface area contributed by atoms with E-state index >= 15 is 0 Å². The maximum absolute atomic E-state index is 11.4. The molecule has 0 N–H and O–H groups in total. The first kappa shape index (κ1) is 22.6. The van der Waals surface area contributed by atoms with Crippen molar-refractivity contribution in [2.75, 3.05) is 6.61 Å². The monoisotopic (exact) mass is 342 g/mol. The Bertz CT molecular complexity index is 289. The Morgan fingerprint density at radius 1 is 0.870 bits per heavy atom. The first-order valence-corrected chi connectivity index (χ1v) is 10.2. The first-order valence-electron chi connectivity index (χ1n) is 9.72. The number of hydrogen-bond acceptors (Lipinski definition) is 3. The normalized spacial score (nSPS) is 12.7. The summed E-state index contributed by atoms with van der Waals surface area (Å²) in [6.45, 7) is 4.54. The zero-order valence-corrected chi connectivity index (χ0v) is 16.3. The summed E-state index contributed by atoms with van der Waals surface area (Å²) in [6, 6.07) is 0. The van der Waals surface area contributed by atoms with Crippen LogP contribution in [0.25, 0.3) is 0 Å². The molecule has 0 amide bonds. The highest BCUT2D eigenvalue weighted by atomic mass is 32.1. The van der Waals surface area contributed by atoms with Gasteiger partial charge in [-0.25, -0.2) is 0 Å². The van der Waals surface area contributed by atoms with Crippen molar-refractivity contribution in [3.63, 3.8) is 0 Å². The van der Waals surface area contributed by atoms with Gasteiger partial charge in [0.05, 0.1) is 11.9 Å². The van der Waals surface area contributed by atoms with Crippen LogP contribution in [0.3, 0.4) is 0 Å². The Hall–Kier alpha value is -0.440. The molecule has 0 aliphatic heterocycles. The number of rotatable bonds is 16. The highest BCUT2D eigenvalue weighted by molar-refractivity contribution is 7.81. The van der Waals surface area contributed by atoms with Gasteiger partial charge >= 0.3 is 5.97 Å². The van der Waals surface area contributed by atoms with Gasteiger partial charge in [-0.1, -0.05) is 70.4 Å². The molecule has 0 heterocycles.